The summed E-state index contributed by atoms with van der Waals surface area (Å²) < 4.78 is 18.4. The molecule has 20 heavy (non-hydrogen) atoms. The van der Waals surface area contributed by atoms with E-state index in [4.69, 9.17) is 4.42 Å². The van der Waals surface area contributed by atoms with E-state index in [2.05, 4.69) is 20.5 Å². The number of hydrogen-bond donors (Lipinski definition) is 1. The zero-order valence-corrected chi connectivity index (χ0v) is 11.2. The van der Waals surface area contributed by atoms with Gasteiger partial charge < -0.3 is 9.73 Å². The van der Waals surface area contributed by atoms with Crippen LogP contribution in [0.3, 0.4) is 0 Å². The standard InChI is InChI=1S/C12H9FN4O2S/c1-6-16-17-12(20-6)11(18)14-5-7-4-8-9(19-7)2-3-10(13)15-8/h2-4H,5H2,1H3,(H,14,18). The summed E-state index contributed by atoms with van der Waals surface area (Å²) in [5, 5.41) is 11.2. The number of halogens is 1. The smallest absolute Gasteiger partial charge is 0.282 e. The van der Waals surface area contributed by atoms with Gasteiger partial charge in [0.25, 0.3) is 5.91 Å². The molecule has 3 rings (SSSR count). The molecule has 0 fully saturated rings. The summed E-state index contributed by atoms with van der Waals surface area (Å²) in [4.78, 5) is 15.5. The van der Waals surface area contributed by atoms with Crippen LogP contribution in [0.4, 0.5) is 4.39 Å². The largest absolute Gasteiger partial charge is 0.457 e. The van der Waals surface area contributed by atoms with Gasteiger partial charge in [-0.25, -0.2) is 4.98 Å². The third kappa shape index (κ3) is 2.50. The van der Waals surface area contributed by atoms with Crippen LogP contribution in [0.15, 0.2) is 22.6 Å². The normalized spacial score (nSPS) is 10.9. The fraction of sp³-hybridized carbons (Fsp3) is 0.167. The van der Waals surface area contributed by atoms with Gasteiger partial charge in [-0.2, -0.15) is 4.39 Å². The summed E-state index contributed by atoms with van der Waals surface area (Å²) >= 11 is 1.21. The van der Waals surface area contributed by atoms with Crippen LogP contribution in [0, 0.1) is 12.9 Å². The summed E-state index contributed by atoms with van der Waals surface area (Å²) in [6.45, 7) is 1.95. The van der Waals surface area contributed by atoms with Crippen molar-refractivity contribution in [3.05, 3.63) is 39.9 Å². The summed E-state index contributed by atoms with van der Waals surface area (Å²) in [5.74, 6) is -0.402. The number of aryl methyl sites for hydroxylation is 1. The van der Waals surface area contributed by atoms with Gasteiger partial charge >= 0.3 is 0 Å². The molecular weight excluding hydrogens is 283 g/mol. The van der Waals surface area contributed by atoms with Crippen LogP contribution in [0.25, 0.3) is 11.1 Å². The maximum Gasteiger partial charge on any atom is 0.282 e. The Morgan fingerprint density at radius 1 is 1.45 bits per heavy atom. The van der Waals surface area contributed by atoms with Crippen LogP contribution >= 0.6 is 11.3 Å². The fourth-order valence-electron chi connectivity index (χ4n) is 1.67. The van der Waals surface area contributed by atoms with Gasteiger partial charge in [0, 0.05) is 6.07 Å². The zero-order valence-electron chi connectivity index (χ0n) is 10.4. The highest BCUT2D eigenvalue weighted by Gasteiger charge is 2.12. The zero-order chi connectivity index (χ0) is 14.1. The molecule has 8 heteroatoms. The van der Waals surface area contributed by atoms with Gasteiger partial charge in [-0.15, -0.1) is 10.2 Å². The maximum atomic E-state index is 12.9. The monoisotopic (exact) mass is 292 g/mol. The fourth-order valence-corrected chi connectivity index (χ4v) is 2.28. The topological polar surface area (TPSA) is 80.9 Å². The van der Waals surface area contributed by atoms with E-state index in [1.165, 1.54) is 23.5 Å². The van der Waals surface area contributed by atoms with Crippen molar-refractivity contribution < 1.29 is 13.6 Å². The molecular formula is C12H9FN4O2S. The Bertz CT molecular complexity index is 783. The molecule has 0 radical (unpaired) electrons. The van der Waals surface area contributed by atoms with Crippen molar-refractivity contribution in [1.29, 1.82) is 0 Å². The van der Waals surface area contributed by atoms with Crippen LogP contribution in [-0.4, -0.2) is 21.1 Å². The van der Waals surface area contributed by atoms with E-state index in [1.54, 1.807) is 13.0 Å². The molecule has 0 saturated carbocycles. The van der Waals surface area contributed by atoms with E-state index in [9.17, 15) is 9.18 Å². The molecule has 3 aromatic heterocycles. The number of hydrogen-bond acceptors (Lipinski definition) is 6. The number of fused-ring (bicyclic) bond motifs is 1. The van der Waals surface area contributed by atoms with Crippen molar-refractivity contribution in [3.8, 4) is 0 Å². The Morgan fingerprint density at radius 2 is 2.30 bits per heavy atom. The van der Waals surface area contributed by atoms with E-state index < -0.39 is 5.95 Å². The minimum atomic E-state index is -0.571. The number of carbonyl (C=O) groups excluding carboxylic acids is 1. The van der Waals surface area contributed by atoms with Gasteiger partial charge in [-0.05, 0) is 19.1 Å². The quantitative estimate of drug-likeness (QED) is 0.747. The lowest BCUT2D eigenvalue weighted by atomic mass is 10.3. The highest BCUT2D eigenvalue weighted by atomic mass is 32.1. The van der Waals surface area contributed by atoms with E-state index in [-0.39, 0.29) is 12.5 Å². The molecule has 1 amide bonds. The molecule has 3 heterocycles. The lowest BCUT2D eigenvalue weighted by Crippen LogP contribution is -2.22. The van der Waals surface area contributed by atoms with Crippen molar-refractivity contribution in [2.45, 2.75) is 13.5 Å². The second-order valence-corrected chi connectivity index (χ2v) is 5.22. The van der Waals surface area contributed by atoms with Gasteiger partial charge in [0.1, 0.15) is 16.3 Å². The number of nitrogens with zero attached hydrogens (tertiary/aromatic N) is 3. The first-order valence-corrected chi connectivity index (χ1v) is 6.57. The molecule has 6 nitrogen and oxygen atoms in total. The molecule has 0 aliphatic heterocycles. The first-order valence-electron chi connectivity index (χ1n) is 5.75. The number of aromatic nitrogens is 3. The minimum absolute atomic E-state index is 0.176. The SMILES string of the molecule is Cc1nnc(C(=O)NCc2cc3nc(F)ccc3o2)s1. The Labute approximate surface area is 116 Å². The second kappa shape index (κ2) is 4.97. The van der Waals surface area contributed by atoms with Gasteiger partial charge in [-0.1, -0.05) is 11.3 Å². The molecule has 1 N–H and O–H groups in total. The molecule has 0 saturated heterocycles. The summed E-state index contributed by atoms with van der Waals surface area (Å²) in [5.41, 5.74) is 0.892. The Kier molecular flexibility index (Phi) is 3.15. The van der Waals surface area contributed by atoms with Crippen molar-refractivity contribution in [2.75, 3.05) is 0 Å². The van der Waals surface area contributed by atoms with E-state index in [0.29, 0.717) is 21.9 Å². The third-order valence-corrected chi connectivity index (χ3v) is 3.37. The van der Waals surface area contributed by atoms with Gasteiger partial charge in [-0.3, -0.25) is 4.79 Å². The Hall–Kier alpha value is -2.35. The average Bonchev–Trinajstić information content (AvgIpc) is 3.01. The van der Waals surface area contributed by atoms with E-state index in [1.807, 2.05) is 0 Å². The number of amides is 1. The molecule has 3 aromatic rings. The van der Waals surface area contributed by atoms with Gasteiger partial charge in [0.2, 0.25) is 11.0 Å². The molecule has 0 unspecified atom stereocenters. The summed E-state index contributed by atoms with van der Waals surface area (Å²) in [7, 11) is 0. The highest BCUT2D eigenvalue weighted by Crippen LogP contribution is 2.17. The third-order valence-electron chi connectivity index (χ3n) is 2.53. The molecule has 0 bridgehead atoms. The molecule has 0 spiro atoms. The first kappa shape index (κ1) is 12.7. The van der Waals surface area contributed by atoms with Gasteiger partial charge in [0.15, 0.2) is 5.58 Å². The maximum absolute atomic E-state index is 12.9. The van der Waals surface area contributed by atoms with Crippen molar-refractivity contribution in [1.82, 2.24) is 20.5 Å². The van der Waals surface area contributed by atoms with Gasteiger partial charge in [0.05, 0.1) is 6.54 Å². The highest BCUT2D eigenvalue weighted by molar-refractivity contribution is 7.13. The predicted molar refractivity (Wildman–Crippen MR) is 69.8 cm³/mol. The molecule has 0 atom stereocenters. The van der Waals surface area contributed by atoms with Crippen LogP contribution in [0.5, 0.6) is 0 Å². The van der Waals surface area contributed by atoms with Crippen LogP contribution < -0.4 is 5.32 Å². The predicted octanol–water partition coefficient (Wildman–Crippen LogP) is 2.06. The minimum Gasteiger partial charge on any atom is -0.457 e. The second-order valence-electron chi connectivity index (χ2n) is 4.04. The van der Waals surface area contributed by atoms with Crippen molar-refractivity contribution in [2.24, 2.45) is 0 Å². The average molecular weight is 292 g/mol. The number of pyridine rings is 1. The van der Waals surface area contributed by atoms with E-state index >= 15 is 0 Å². The molecule has 0 aliphatic rings. The van der Waals surface area contributed by atoms with Crippen molar-refractivity contribution in [3.63, 3.8) is 0 Å². The van der Waals surface area contributed by atoms with E-state index in [0.717, 1.165) is 5.01 Å². The van der Waals surface area contributed by atoms with Crippen molar-refractivity contribution >= 4 is 28.3 Å². The van der Waals surface area contributed by atoms with Crippen LogP contribution in [-0.2, 0) is 6.54 Å². The van der Waals surface area contributed by atoms with Crippen LogP contribution in [0.1, 0.15) is 20.6 Å². The molecule has 0 aliphatic carbocycles. The number of nitrogens with one attached hydrogen (secondary N) is 1. The number of carbonyl (C=O) groups is 1. The number of furan rings is 1. The molecule has 102 valence electrons. The summed E-state index contributed by atoms with van der Waals surface area (Å²) in [6, 6.07) is 4.30. The lowest BCUT2D eigenvalue weighted by molar-refractivity contribution is 0.0947. The Balaban J connectivity index is 1.72. The summed E-state index contributed by atoms with van der Waals surface area (Å²) in [6.07, 6.45) is 0. The lowest BCUT2D eigenvalue weighted by Gasteiger charge is -1.98. The Morgan fingerprint density at radius 3 is 3.05 bits per heavy atom. The first-order chi connectivity index (χ1) is 9.61. The number of rotatable bonds is 3. The molecule has 0 aromatic carbocycles. The van der Waals surface area contributed by atoms with Crippen LogP contribution in [0.2, 0.25) is 0 Å².